The lowest BCUT2D eigenvalue weighted by atomic mass is 10.1. The fourth-order valence-electron chi connectivity index (χ4n) is 2.49. The van der Waals surface area contributed by atoms with Crippen LogP contribution in [-0.4, -0.2) is 10.7 Å². The molecule has 0 saturated heterocycles. The molecular formula is C16H15FN2. The zero-order valence-electron chi connectivity index (χ0n) is 10.8. The van der Waals surface area contributed by atoms with E-state index in [1.807, 2.05) is 17.0 Å². The van der Waals surface area contributed by atoms with Crippen molar-refractivity contribution in [3.8, 4) is 0 Å². The van der Waals surface area contributed by atoms with Gasteiger partial charge in [0.05, 0.1) is 0 Å². The third-order valence-electron chi connectivity index (χ3n) is 3.63. The molecule has 0 fully saturated rings. The number of aryl methyl sites for hydroxylation is 1. The van der Waals surface area contributed by atoms with Crippen LogP contribution >= 0.6 is 0 Å². The van der Waals surface area contributed by atoms with Crippen molar-refractivity contribution in [1.82, 2.24) is 4.90 Å². The van der Waals surface area contributed by atoms with Crippen molar-refractivity contribution >= 4 is 5.84 Å². The highest BCUT2D eigenvalue weighted by Crippen LogP contribution is 2.25. The van der Waals surface area contributed by atoms with Crippen LogP contribution in [0, 0.1) is 18.2 Å². The summed E-state index contributed by atoms with van der Waals surface area (Å²) in [6.45, 7) is 3.45. The fourth-order valence-corrected chi connectivity index (χ4v) is 2.49. The van der Waals surface area contributed by atoms with Crippen molar-refractivity contribution in [1.29, 1.82) is 5.41 Å². The van der Waals surface area contributed by atoms with Crippen molar-refractivity contribution in [2.75, 3.05) is 0 Å². The molecule has 1 N–H and O–H groups in total. The lowest BCUT2D eigenvalue weighted by molar-refractivity contribution is 0.421. The molecule has 1 aliphatic rings. The van der Waals surface area contributed by atoms with Crippen LogP contribution in [0.25, 0.3) is 0 Å². The maximum Gasteiger partial charge on any atom is 0.129 e. The Morgan fingerprint density at radius 3 is 2.79 bits per heavy atom. The highest BCUT2D eigenvalue weighted by atomic mass is 19.1. The summed E-state index contributed by atoms with van der Waals surface area (Å²) in [4.78, 5) is 1.98. The molecule has 0 radical (unpaired) electrons. The van der Waals surface area contributed by atoms with Crippen LogP contribution in [0.2, 0.25) is 0 Å². The Kier molecular flexibility index (Phi) is 2.82. The molecule has 96 valence electrons. The molecule has 3 rings (SSSR count). The molecule has 0 saturated carbocycles. The SMILES string of the molecule is Cc1ccccc1CN1Cc2ccc(F)cc2C1=N. The van der Waals surface area contributed by atoms with Crippen molar-refractivity contribution < 1.29 is 4.39 Å². The third kappa shape index (κ3) is 2.12. The lowest BCUT2D eigenvalue weighted by Gasteiger charge is -2.19. The summed E-state index contributed by atoms with van der Waals surface area (Å²) in [5, 5.41) is 8.16. The van der Waals surface area contributed by atoms with Gasteiger partial charge in [0.1, 0.15) is 11.7 Å². The van der Waals surface area contributed by atoms with Gasteiger partial charge in [-0.05, 0) is 35.7 Å². The molecule has 3 heteroatoms. The van der Waals surface area contributed by atoms with E-state index in [0.717, 1.165) is 5.56 Å². The minimum Gasteiger partial charge on any atom is -0.348 e. The Bertz CT molecular complexity index is 649. The Labute approximate surface area is 112 Å². The van der Waals surface area contributed by atoms with E-state index in [1.165, 1.54) is 23.3 Å². The highest BCUT2D eigenvalue weighted by molar-refractivity contribution is 6.00. The van der Waals surface area contributed by atoms with E-state index >= 15 is 0 Å². The molecule has 0 spiro atoms. The molecule has 0 atom stereocenters. The van der Waals surface area contributed by atoms with E-state index in [2.05, 4.69) is 19.1 Å². The molecular weight excluding hydrogens is 239 g/mol. The van der Waals surface area contributed by atoms with Gasteiger partial charge >= 0.3 is 0 Å². The molecule has 0 bridgehead atoms. The first-order chi connectivity index (χ1) is 9.15. The average molecular weight is 254 g/mol. The monoisotopic (exact) mass is 254 g/mol. The van der Waals surface area contributed by atoms with Gasteiger partial charge in [0.25, 0.3) is 0 Å². The number of rotatable bonds is 2. The second-order valence-corrected chi connectivity index (χ2v) is 4.93. The summed E-state index contributed by atoms with van der Waals surface area (Å²) in [6, 6.07) is 12.9. The molecule has 1 heterocycles. The predicted octanol–water partition coefficient (Wildman–Crippen LogP) is 3.48. The van der Waals surface area contributed by atoms with Crippen molar-refractivity contribution in [3.63, 3.8) is 0 Å². The van der Waals surface area contributed by atoms with E-state index < -0.39 is 0 Å². The van der Waals surface area contributed by atoms with Crippen LogP contribution in [0.1, 0.15) is 22.3 Å². The zero-order chi connectivity index (χ0) is 13.4. The van der Waals surface area contributed by atoms with Crippen LogP contribution in [-0.2, 0) is 13.1 Å². The van der Waals surface area contributed by atoms with Gasteiger partial charge in [-0.1, -0.05) is 30.3 Å². The Morgan fingerprint density at radius 1 is 1.21 bits per heavy atom. The molecule has 0 aliphatic carbocycles. The standard InChI is InChI=1S/C16H15FN2/c1-11-4-2-3-5-12(11)9-19-10-13-6-7-14(17)8-15(13)16(19)18/h2-8,18H,9-10H2,1H3. The molecule has 2 nitrogen and oxygen atoms in total. The van der Waals surface area contributed by atoms with Gasteiger partial charge < -0.3 is 4.90 Å². The van der Waals surface area contributed by atoms with E-state index in [0.29, 0.717) is 24.5 Å². The maximum absolute atomic E-state index is 13.2. The summed E-state index contributed by atoms with van der Waals surface area (Å²) < 4.78 is 13.2. The third-order valence-corrected chi connectivity index (χ3v) is 3.63. The molecule has 0 unspecified atom stereocenters. The normalized spacial score (nSPS) is 13.8. The fraction of sp³-hybridized carbons (Fsp3) is 0.188. The van der Waals surface area contributed by atoms with Crippen LogP contribution in [0.15, 0.2) is 42.5 Å². The van der Waals surface area contributed by atoms with Crippen LogP contribution in [0.5, 0.6) is 0 Å². The average Bonchev–Trinajstić information content (AvgIpc) is 2.70. The lowest BCUT2D eigenvalue weighted by Crippen LogP contribution is -2.23. The van der Waals surface area contributed by atoms with E-state index in [4.69, 9.17) is 5.41 Å². The van der Waals surface area contributed by atoms with Gasteiger partial charge in [-0.15, -0.1) is 0 Å². The van der Waals surface area contributed by atoms with Crippen LogP contribution in [0.3, 0.4) is 0 Å². The molecule has 2 aromatic rings. The number of nitrogens with one attached hydrogen (secondary N) is 1. The second-order valence-electron chi connectivity index (χ2n) is 4.93. The largest absolute Gasteiger partial charge is 0.348 e. The van der Waals surface area contributed by atoms with Gasteiger partial charge in [-0.2, -0.15) is 0 Å². The van der Waals surface area contributed by atoms with Gasteiger partial charge in [0, 0.05) is 18.7 Å². The van der Waals surface area contributed by atoms with Crippen LogP contribution < -0.4 is 0 Å². The molecule has 2 aromatic carbocycles. The molecule has 1 aliphatic heterocycles. The molecule has 19 heavy (non-hydrogen) atoms. The first-order valence-corrected chi connectivity index (χ1v) is 6.32. The first kappa shape index (κ1) is 11.9. The summed E-state index contributed by atoms with van der Waals surface area (Å²) in [5.41, 5.74) is 4.17. The van der Waals surface area contributed by atoms with Gasteiger partial charge in [-0.3, -0.25) is 5.41 Å². The molecule has 0 amide bonds. The van der Waals surface area contributed by atoms with E-state index in [-0.39, 0.29) is 5.82 Å². The van der Waals surface area contributed by atoms with E-state index in [9.17, 15) is 4.39 Å². The first-order valence-electron chi connectivity index (χ1n) is 6.32. The number of amidine groups is 1. The number of hydrogen-bond acceptors (Lipinski definition) is 1. The maximum atomic E-state index is 13.2. The van der Waals surface area contributed by atoms with Crippen molar-refractivity contribution in [2.24, 2.45) is 0 Å². The second kappa shape index (κ2) is 4.50. The van der Waals surface area contributed by atoms with Crippen molar-refractivity contribution in [2.45, 2.75) is 20.0 Å². The smallest absolute Gasteiger partial charge is 0.129 e. The summed E-state index contributed by atoms with van der Waals surface area (Å²) in [7, 11) is 0. The van der Waals surface area contributed by atoms with Gasteiger partial charge in [0.15, 0.2) is 0 Å². The molecule has 0 aromatic heterocycles. The topological polar surface area (TPSA) is 27.1 Å². The number of halogens is 1. The number of nitrogens with zero attached hydrogens (tertiary/aromatic N) is 1. The Morgan fingerprint density at radius 2 is 2.00 bits per heavy atom. The summed E-state index contributed by atoms with van der Waals surface area (Å²) in [6.07, 6.45) is 0. The number of benzene rings is 2. The van der Waals surface area contributed by atoms with E-state index in [1.54, 1.807) is 6.07 Å². The summed E-state index contributed by atoms with van der Waals surface area (Å²) in [5.74, 6) is 0.138. The Hall–Kier alpha value is -2.16. The van der Waals surface area contributed by atoms with Crippen LogP contribution in [0.4, 0.5) is 4.39 Å². The summed E-state index contributed by atoms with van der Waals surface area (Å²) >= 11 is 0. The van der Waals surface area contributed by atoms with Gasteiger partial charge in [0.2, 0.25) is 0 Å². The van der Waals surface area contributed by atoms with Gasteiger partial charge in [-0.25, -0.2) is 4.39 Å². The minimum absolute atomic E-state index is 0.277. The number of hydrogen-bond donors (Lipinski definition) is 1. The highest BCUT2D eigenvalue weighted by Gasteiger charge is 2.24. The zero-order valence-corrected chi connectivity index (χ0v) is 10.8. The minimum atomic E-state index is -0.277. The number of fused-ring (bicyclic) bond motifs is 1. The predicted molar refractivity (Wildman–Crippen MR) is 73.7 cm³/mol. The Balaban J connectivity index is 1.87. The van der Waals surface area contributed by atoms with Crippen molar-refractivity contribution in [3.05, 3.63) is 70.5 Å². The quantitative estimate of drug-likeness (QED) is 0.872.